The van der Waals surface area contributed by atoms with Crippen molar-refractivity contribution in [1.29, 1.82) is 0 Å². The lowest BCUT2D eigenvalue weighted by Crippen LogP contribution is -2.46. The van der Waals surface area contributed by atoms with Gasteiger partial charge in [0.15, 0.2) is 0 Å². The second kappa shape index (κ2) is 9.68. The molecule has 1 aliphatic rings. The van der Waals surface area contributed by atoms with Crippen LogP contribution >= 0.6 is 23.2 Å². The normalized spacial score (nSPS) is 15.6. The number of nitrogens with one attached hydrogen (secondary N) is 1. The van der Waals surface area contributed by atoms with Gasteiger partial charge in [0.2, 0.25) is 5.69 Å². The molecule has 1 unspecified atom stereocenters. The smallest absolute Gasteiger partial charge is 0.352 e. The number of ether oxygens (including phenoxy) is 1. The summed E-state index contributed by atoms with van der Waals surface area (Å²) < 4.78 is 7.47. The van der Waals surface area contributed by atoms with E-state index >= 15 is 0 Å². The number of rotatable bonds is 6. The molecule has 166 valence electrons. The van der Waals surface area contributed by atoms with Crippen molar-refractivity contribution < 1.29 is 9.53 Å². The Bertz CT molecular complexity index is 1270. The van der Waals surface area contributed by atoms with E-state index in [4.69, 9.17) is 27.9 Å². The van der Waals surface area contributed by atoms with Crippen LogP contribution in [0.3, 0.4) is 0 Å². The first-order chi connectivity index (χ1) is 15.4. The molecule has 2 aromatic carbocycles. The zero-order chi connectivity index (χ0) is 22.7. The van der Waals surface area contributed by atoms with Gasteiger partial charge in [0, 0.05) is 23.2 Å². The van der Waals surface area contributed by atoms with E-state index in [1.165, 1.54) is 6.07 Å². The zero-order valence-corrected chi connectivity index (χ0v) is 18.5. The van der Waals surface area contributed by atoms with Crippen molar-refractivity contribution in [3.8, 4) is 5.69 Å². The van der Waals surface area contributed by atoms with E-state index in [1.807, 2.05) is 0 Å². The van der Waals surface area contributed by atoms with E-state index in [0.717, 1.165) is 22.1 Å². The van der Waals surface area contributed by atoms with Crippen molar-refractivity contribution in [2.45, 2.75) is 25.5 Å². The van der Waals surface area contributed by atoms with Crippen molar-refractivity contribution in [3.63, 3.8) is 0 Å². The highest BCUT2D eigenvalue weighted by Crippen LogP contribution is 2.14. The van der Waals surface area contributed by atoms with Crippen molar-refractivity contribution in [2.75, 3.05) is 13.2 Å². The van der Waals surface area contributed by atoms with Gasteiger partial charge in [0.1, 0.15) is 0 Å². The maximum absolute atomic E-state index is 13.2. The number of aromatic nitrogens is 3. The van der Waals surface area contributed by atoms with E-state index in [0.29, 0.717) is 27.9 Å². The van der Waals surface area contributed by atoms with E-state index in [9.17, 15) is 14.4 Å². The molecule has 4 rings (SSSR count). The second-order valence-corrected chi connectivity index (χ2v) is 8.26. The fraction of sp³-hybridized carbons (Fsp3) is 0.273. The summed E-state index contributed by atoms with van der Waals surface area (Å²) in [6.45, 7) is 0.822. The van der Waals surface area contributed by atoms with Crippen LogP contribution in [0.4, 0.5) is 0 Å². The lowest BCUT2D eigenvalue weighted by atomic mass is 10.2. The fourth-order valence-electron chi connectivity index (χ4n) is 3.49. The molecule has 3 aromatic rings. The summed E-state index contributed by atoms with van der Waals surface area (Å²) in [6, 6.07) is 13.2. The maximum Gasteiger partial charge on any atom is 0.352 e. The van der Waals surface area contributed by atoms with Crippen LogP contribution < -0.4 is 16.6 Å². The van der Waals surface area contributed by atoms with Gasteiger partial charge in [-0.1, -0.05) is 41.4 Å². The molecular weight excluding hydrogens is 455 g/mol. The Balaban J connectivity index is 1.77. The third-order valence-electron chi connectivity index (χ3n) is 5.07. The molecule has 0 bridgehead atoms. The van der Waals surface area contributed by atoms with Crippen LogP contribution in [0.5, 0.6) is 0 Å². The Hall–Kier alpha value is -2.94. The van der Waals surface area contributed by atoms with Gasteiger partial charge in [-0.25, -0.2) is 4.79 Å². The first-order valence-corrected chi connectivity index (χ1v) is 10.8. The van der Waals surface area contributed by atoms with Gasteiger partial charge >= 0.3 is 5.69 Å². The van der Waals surface area contributed by atoms with Crippen LogP contribution in [0.15, 0.2) is 58.1 Å². The van der Waals surface area contributed by atoms with Crippen molar-refractivity contribution in [2.24, 2.45) is 0 Å². The Morgan fingerprint density at radius 2 is 1.88 bits per heavy atom. The number of hydrogen-bond donors (Lipinski definition) is 1. The molecule has 0 radical (unpaired) electrons. The summed E-state index contributed by atoms with van der Waals surface area (Å²) in [6.07, 6.45) is 1.64. The molecule has 8 nitrogen and oxygen atoms in total. The quantitative estimate of drug-likeness (QED) is 0.592. The number of halogens is 2. The number of carbonyl (C=O) groups is 1. The van der Waals surface area contributed by atoms with Crippen LogP contribution in [0, 0.1) is 0 Å². The van der Waals surface area contributed by atoms with Crippen molar-refractivity contribution >= 4 is 29.1 Å². The van der Waals surface area contributed by atoms with E-state index in [2.05, 4.69) is 10.4 Å². The summed E-state index contributed by atoms with van der Waals surface area (Å²) in [7, 11) is 0. The average Bonchev–Trinajstić information content (AvgIpc) is 3.29. The molecule has 10 heteroatoms. The van der Waals surface area contributed by atoms with Crippen LogP contribution in [0.1, 0.15) is 28.9 Å². The Morgan fingerprint density at radius 1 is 1.12 bits per heavy atom. The molecule has 32 heavy (non-hydrogen) atoms. The van der Waals surface area contributed by atoms with Gasteiger partial charge in [-0.05, 0) is 48.7 Å². The van der Waals surface area contributed by atoms with Gasteiger partial charge in [0.25, 0.3) is 11.5 Å². The number of amides is 1. The molecule has 1 fully saturated rings. The predicted octanol–water partition coefficient (Wildman–Crippen LogP) is 2.66. The van der Waals surface area contributed by atoms with E-state index in [-0.39, 0.29) is 19.2 Å². The summed E-state index contributed by atoms with van der Waals surface area (Å²) in [4.78, 5) is 39.1. The number of benzene rings is 2. The fourth-order valence-corrected chi connectivity index (χ4v) is 3.88. The Kier molecular flexibility index (Phi) is 6.74. The highest BCUT2D eigenvalue weighted by atomic mass is 35.5. The summed E-state index contributed by atoms with van der Waals surface area (Å²) in [5.74, 6) is -0.680. The molecule has 0 aliphatic carbocycles. The summed E-state index contributed by atoms with van der Waals surface area (Å²) in [5.41, 5.74) is -0.933. The van der Waals surface area contributed by atoms with Gasteiger partial charge in [0.05, 0.1) is 18.3 Å². The zero-order valence-electron chi connectivity index (χ0n) is 17.0. The standard InChI is InChI=1S/C22H20Cl2N4O4/c23-15-5-1-4-14(10-15)13-27-21(30)19(20(29)25-12-18-8-3-9-32-18)26-28(22(27)31)17-7-2-6-16(24)11-17/h1-2,4-7,10-11,18H,3,8-9,12-13H2,(H,25,29). The topological polar surface area (TPSA) is 95.2 Å². The molecule has 2 heterocycles. The largest absolute Gasteiger partial charge is 0.376 e. The van der Waals surface area contributed by atoms with Crippen molar-refractivity contribution in [3.05, 3.63) is 90.7 Å². The number of carbonyl (C=O) groups excluding carboxylic acids is 1. The third-order valence-corrected chi connectivity index (χ3v) is 5.54. The minimum absolute atomic E-state index is 0.0761. The average molecular weight is 475 g/mol. The minimum atomic E-state index is -0.793. The highest BCUT2D eigenvalue weighted by molar-refractivity contribution is 6.31. The number of nitrogens with zero attached hydrogens (tertiary/aromatic N) is 3. The third kappa shape index (κ3) is 4.93. The minimum Gasteiger partial charge on any atom is -0.376 e. The van der Waals surface area contributed by atoms with Crippen molar-refractivity contribution in [1.82, 2.24) is 19.7 Å². The monoisotopic (exact) mass is 474 g/mol. The van der Waals surface area contributed by atoms with Crippen LogP contribution in [-0.2, 0) is 11.3 Å². The highest BCUT2D eigenvalue weighted by Gasteiger charge is 2.22. The number of hydrogen-bond acceptors (Lipinski definition) is 5. The van der Waals surface area contributed by atoms with Gasteiger partial charge in [-0.15, -0.1) is 0 Å². The Labute approximate surface area is 193 Å². The lowest BCUT2D eigenvalue weighted by molar-refractivity contribution is 0.0849. The Morgan fingerprint density at radius 3 is 2.56 bits per heavy atom. The van der Waals surface area contributed by atoms with Gasteiger partial charge in [-0.2, -0.15) is 9.78 Å². The molecule has 1 saturated heterocycles. The molecule has 1 aromatic heterocycles. The van der Waals surface area contributed by atoms with Crippen LogP contribution in [-0.4, -0.2) is 39.5 Å². The van der Waals surface area contributed by atoms with Crippen LogP contribution in [0.25, 0.3) is 5.69 Å². The SMILES string of the molecule is O=C(NCC1CCCO1)c1nn(-c2cccc(Cl)c2)c(=O)n(Cc2cccc(Cl)c2)c1=O. The maximum atomic E-state index is 13.2. The van der Waals surface area contributed by atoms with Crippen LogP contribution in [0.2, 0.25) is 10.0 Å². The lowest BCUT2D eigenvalue weighted by Gasteiger charge is -2.14. The summed E-state index contributed by atoms with van der Waals surface area (Å²) >= 11 is 12.1. The predicted molar refractivity (Wildman–Crippen MR) is 121 cm³/mol. The first-order valence-electron chi connectivity index (χ1n) is 10.1. The molecule has 1 atom stereocenters. The molecule has 1 N–H and O–H groups in total. The molecule has 0 spiro atoms. The summed E-state index contributed by atoms with van der Waals surface area (Å²) in [5, 5.41) is 7.62. The van der Waals surface area contributed by atoms with E-state index < -0.39 is 22.9 Å². The van der Waals surface area contributed by atoms with Gasteiger partial charge < -0.3 is 10.1 Å². The first kappa shape index (κ1) is 22.3. The molecule has 0 saturated carbocycles. The molecular formula is C22H20Cl2N4O4. The van der Waals surface area contributed by atoms with Gasteiger partial charge in [-0.3, -0.25) is 14.2 Å². The second-order valence-electron chi connectivity index (χ2n) is 7.39. The molecule has 1 aliphatic heterocycles. The van der Waals surface area contributed by atoms with E-state index in [1.54, 1.807) is 42.5 Å². The molecule has 1 amide bonds.